The summed E-state index contributed by atoms with van der Waals surface area (Å²) in [5.74, 6) is -0.397. The molecule has 0 radical (unpaired) electrons. The quantitative estimate of drug-likeness (QED) is 0.283. The van der Waals surface area contributed by atoms with Gasteiger partial charge < -0.3 is 24.4 Å². The van der Waals surface area contributed by atoms with Gasteiger partial charge in [-0.15, -0.1) is 0 Å². The Labute approximate surface area is 254 Å². The van der Waals surface area contributed by atoms with Crippen LogP contribution in [0.1, 0.15) is 31.8 Å². The van der Waals surface area contributed by atoms with Crippen molar-refractivity contribution in [3.05, 3.63) is 119 Å². The number of rotatable bonds is 7. The van der Waals surface area contributed by atoms with Crippen LogP contribution in [0.2, 0.25) is 0 Å². The summed E-state index contributed by atoms with van der Waals surface area (Å²) in [5, 5.41) is 3.04. The molecule has 3 aliphatic rings. The summed E-state index contributed by atoms with van der Waals surface area (Å²) in [6.07, 6.45) is 3.92. The Kier molecular flexibility index (Phi) is 6.50. The summed E-state index contributed by atoms with van der Waals surface area (Å²) in [6.45, 7) is 0. The lowest BCUT2D eigenvalue weighted by Crippen LogP contribution is -2.55. The van der Waals surface area contributed by atoms with Gasteiger partial charge in [-0.25, -0.2) is 0 Å². The first-order valence-corrected chi connectivity index (χ1v) is 14.3. The number of anilines is 2. The van der Waals surface area contributed by atoms with E-state index in [1.165, 1.54) is 14.2 Å². The summed E-state index contributed by atoms with van der Waals surface area (Å²) < 4.78 is 16.3. The maximum absolute atomic E-state index is 14.9. The molecule has 1 fully saturated rings. The van der Waals surface area contributed by atoms with Crippen LogP contribution in [0, 0.1) is 5.92 Å². The molecule has 0 bridgehead atoms. The summed E-state index contributed by atoms with van der Waals surface area (Å²) in [7, 11) is 4.60. The van der Waals surface area contributed by atoms with E-state index in [2.05, 4.69) is 5.32 Å². The van der Waals surface area contributed by atoms with Gasteiger partial charge in [-0.1, -0.05) is 48.6 Å². The largest absolute Gasteiger partial charge is 0.497 e. The number of nitrogens with zero attached hydrogens (tertiary/aromatic N) is 1. The predicted molar refractivity (Wildman–Crippen MR) is 167 cm³/mol. The number of ether oxygens (including phenoxy) is 3. The minimum Gasteiger partial charge on any atom is -0.497 e. The monoisotopic (exact) mass is 586 g/mol. The molecule has 4 aromatic carbocycles. The SMILES string of the molecule is COc1ccc(C(=O)C2N3c4ccccc4C=CC3C(C(=O)c3ccc(OC)c(OC)c3)C23C(=O)Nc2ccccc23)cc1. The zero-order chi connectivity index (χ0) is 30.6. The molecule has 4 aromatic rings. The average Bonchev–Trinajstić information content (AvgIpc) is 3.55. The molecule has 0 aromatic heterocycles. The van der Waals surface area contributed by atoms with Crippen LogP contribution in [0.5, 0.6) is 17.2 Å². The highest BCUT2D eigenvalue weighted by atomic mass is 16.5. The average molecular weight is 587 g/mol. The molecule has 1 saturated heterocycles. The molecule has 4 unspecified atom stereocenters. The molecule has 7 rings (SSSR count). The fraction of sp³-hybridized carbons (Fsp3) is 0.194. The smallest absolute Gasteiger partial charge is 0.238 e. The first kappa shape index (κ1) is 27.5. The molecule has 8 heteroatoms. The number of Topliss-reactive ketones (excluding diaryl/α,β-unsaturated/α-hetero) is 2. The lowest BCUT2D eigenvalue weighted by molar-refractivity contribution is -0.121. The van der Waals surface area contributed by atoms with Crippen LogP contribution >= 0.6 is 0 Å². The zero-order valence-corrected chi connectivity index (χ0v) is 24.4. The van der Waals surface area contributed by atoms with Crippen molar-refractivity contribution >= 4 is 34.9 Å². The Balaban J connectivity index is 1.51. The number of amides is 1. The summed E-state index contributed by atoms with van der Waals surface area (Å²) in [5.41, 5.74) is 2.11. The molecule has 0 saturated carbocycles. The van der Waals surface area contributed by atoms with Crippen molar-refractivity contribution in [3.63, 3.8) is 0 Å². The van der Waals surface area contributed by atoms with E-state index < -0.39 is 23.4 Å². The number of ketones is 2. The van der Waals surface area contributed by atoms with E-state index in [1.54, 1.807) is 49.6 Å². The van der Waals surface area contributed by atoms with E-state index in [0.29, 0.717) is 39.6 Å². The van der Waals surface area contributed by atoms with Gasteiger partial charge >= 0.3 is 0 Å². The van der Waals surface area contributed by atoms with E-state index in [1.807, 2.05) is 65.6 Å². The summed E-state index contributed by atoms with van der Waals surface area (Å²) in [4.78, 5) is 46.4. The Morgan fingerprint density at radius 1 is 0.773 bits per heavy atom. The number of hydrogen-bond acceptors (Lipinski definition) is 7. The number of methoxy groups -OCH3 is 3. The van der Waals surface area contributed by atoms with Gasteiger partial charge in [0.05, 0.1) is 33.3 Å². The molecule has 1 amide bonds. The van der Waals surface area contributed by atoms with Gasteiger partial charge in [0.1, 0.15) is 17.2 Å². The van der Waals surface area contributed by atoms with Crippen molar-refractivity contribution in [1.29, 1.82) is 0 Å². The Hall–Kier alpha value is -5.37. The molecule has 4 atom stereocenters. The Bertz CT molecular complexity index is 1850. The highest BCUT2D eigenvalue weighted by molar-refractivity contribution is 6.20. The number of carbonyl (C=O) groups is 3. The second-order valence-electron chi connectivity index (χ2n) is 11.1. The van der Waals surface area contributed by atoms with Gasteiger partial charge in [-0.05, 0) is 65.7 Å². The molecule has 8 nitrogen and oxygen atoms in total. The van der Waals surface area contributed by atoms with E-state index in [4.69, 9.17) is 14.2 Å². The number of benzene rings is 4. The molecule has 0 aliphatic carbocycles. The fourth-order valence-corrected chi connectivity index (χ4v) is 7.22. The van der Waals surface area contributed by atoms with Crippen LogP contribution in [0.3, 0.4) is 0 Å². The van der Waals surface area contributed by atoms with Crippen LogP contribution in [-0.2, 0) is 10.2 Å². The summed E-state index contributed by atoms with van der Waals surface area (Å²) in [6, 6.07) is 25.3. The fourth-order valence-electron chi connectivity index (χ4n) is 7.22. The molecular weight excluding hydrogens is 556 g/mol. The van der Waals surface area contributed by atoms with Crippen LogP contribution in [0.4, 0.5) is 11.4 Å². The van der Waals surface area contributed by atoms with Crippen molar-refractivity contribution in [2.75, 3.05) is 31.5 Å². The van der Waals surface area contributed by atoms with E-state index in [-0.39, 0.29) is 17.5 Å². The third kappa shape index (κ3) is 3.80. The molecule has 3 aliphatic heterocycles. The van der Waals surface area contributed by atoms with Gasteiger partial charge in [0.25, 0.3) is 0 Å². The summed E-state index contributed by atoms with van der Waals surface area (Å²) >= 11 is 0. The van der Waals surface area contributed by atoms with E-state index in [0.717, 1.165) is 11.3 Å². The van der Waals surface area contributed by atoms with Crippen LogP contribution in [0.15, 0.2) is 97.1 Å². The number of carbonyl (C=O) groups excluding carboxylic acids is 3. The van der Waals surface area contributed by atoms with Crippen LogP contribution in [-0.4, -0.2) is 50.9 Å². The maximum Gasteiger partial charge on any atom is 0.238 e. The molecule has 3 heterocycles. The number of hydrogen-bond donors (Lipinski definition) is 1. The predicted octanol–water partition coefficient (Wildman–Crippen LogP) is 5.57. The van der Waals surface area contributed by atoms with Gasteiger partial charge in [0.15, 0.2) is 23.1 Å². The third-order valence-electron chi connectivity index (χ3n) is 9.12. The highest BCUT2D eigenvalue weighted by Crippen LogP contribution is 2.58. The molecular formula is C36H30N2O6. The number of fused-ring (bicyclic) bond motifs is 5. The molecule has 44 heavy (non-hydrogen) atoms. The minimum atomic E-state index is -1.55. The maximum atomic E-state index is 14.9. The van der Waals surface area contributed by atoms with Crippen molar-refractivity contribution in [1.82, 2.24) is 0 Å². The topological polar surface area (TPSA) is 94.2 Å². The lowest BCUT2D eigenvalue weighted by atomic mass is 9.63. The standard InChI is InChI=1S/C36H30N2O6/c1-42-24-16-12-22(13-17-24)33(40)34-36(25-9-5-6-10-26(25)37-35(36)41)31(28-18-14-21-8-4-7-11-27(21)38(28)34)32(39)23-15-19-29(43-2)30(20-23)44-3/h4-20,28,31,34H,1-3H3,(H,37,41). The third-order valence-corrected chi connectivity index (χ3v) is 9.12. The van der Waals surface area contributed by atoms with Gasteiger partial charge in [-0.2, -0.15) is 0 Å². The minimum absolute atomic E-state index is 0.266. The first-order valence-electron chi connectivity index (χ1n) is 14.3. The van der Waals surface area contributed by atoms with Gasteiger partial charge in [0, 0.05) is 22.5 Å². The van der Waals surface area contributed by atoms with Gasteiger partial charge in [0.2, 0.25) is 5.91 Å². The van der Waals surface area contributed by atoms with Crippen LogP contribution in [0.25, 0.3) is 6.08 Å². The number of nitrogens with one attached hydrogen (secondary N) is 1. The highest BCUT2D eigenvalue weighted by Gasteiger charge is 2.71. The van der Waals surface area contributed by atoms with Crippen molar-refractivity contribution < 1.29 is 28.6 Å². The lowest BCUT2D eigenvalue weighted by Gasteiger charge is -2.37. The van der Waals surface area contributed by atoms with Crippen LogP contribution < -0.4 is 24.4 Å². The second kappa shape index (κ2) is 10.4. The van der Waals surface area contributed by atoms with Gasteiger partial charge in [-0.3, -0.25) is 14.4 Å². The first-order chi connectivity index (χ1) is 21.4. The molecule has 1 spiro atoms. The van der Waals surface area contributed by atoms with E-state index in [9.17, 15) is 14.4 Å². The van der Waals surface area contributed by atoms with Crippen molar-refractivity contribution in [2.45, 2.75) is 17.5 Å². The molecule has 1 N–H and O–H groups in total. The zero-order valence-electron chi connectivity index (χ0n) is 24.4. The van der Waals surface area contributed by atoms with Crippen molar-refractivity contribution in [2.24, 2.45) is 5.92 Å². The Morgan fingerprint density at radius 2 is 1.48 bits per heavy atom. The Morgan fingerprint density at radius 3 is 2.23 bits per heavy atom. The van der Waals surface area contributed by atoms with E-state index >= 15 is 0 Å². The second-order valence-corrected chi connectivity index (χ2v) is 11.1. The normalized spacial score (nSPS) is 22.6. The van der Waals surface area contributed by atoms with Crippen molar-refractivity contribution in [3.8, 4) is 17.2 Å². The number of para-hydroxylation sites is 2. The molecule has 220 valence electrons.